The third-order valence-electron chi connectivity index (χ3n) is 6.87. The Balaban J connectivity index is 1.52. The summed E-state index contributed by atoms with van der Waals surface area (Å²) >= 11 is 1.46. The van der Waals surface area contributed by atoms with E-state index in [1.54, 1.807) is 12.0 Å². The van der Waals surface area contributed by atoms with Crippen molar-refractivity contribution in [1.29, 1.82) is 0 Å². The average Bonchev–Trinajstić information content (AvgIpc) is 3.34. The topological polar surface area (TPSA) is 83.0 Å². The lowest BCUT2D eigenvalue weighted by atomic mass is 9.96. The van der Waals surface area contributed by atoms with Crippen LogP contribution in [0.4, 0.5) is 9.52 Å². The van der Waals surface area contributed by atoms with Crippen LogP contribution in [0.5, 0.6) is 5.75 Å². The van der Waals surface area contributed by atoms with Crippen LogP contribution in [0.2, 0.25) is 0 Å². The summed E-state index contributed by atoms with van der Waals surface area (Å²) in [7, 11) is -2.12. The minimum Gasteiger partial charge on any atom is -0.497 e. The van der Waals surface area contributed by atoms with E-state index < -0.39 is 15.8 Å². The highest BCUT2D eigenvalue weighted by molar-refractivity contribution is 7.89. The minimum absolute atomic E-state index is 0.0305. The number of rotatable bonds is 10. The first kappa shape index (κ1) is 27.4. The maximum Gasteiger partial charge on any atom is 0.243 e. The lowest BCUT2D eigenvalue weighted by Crippen LogP contribution is -2.46. The van der Waals surface area contributed by atoms with Gasteiger partial charge in [0, 0.05) is 32.1 Å². The Kier molecular flexibility index (Phi) is 8.79. The fourth-order valence-electron chi connectivity index (χ4n) is 4.54. The standard InChI is InChI=1S/C26H33FN4O4S2/c1-4-29(5-2)16-17-31(26-28-23-11-8-21(35-3)18-24(23)36-26)25(32)19-12-14-30(15-13-19)37(33,34)22-9-6-20(27)7-10-22/h6-11,18-19H,4-5,12-17H2,1-3H3. The van der Waals surface area contributed by atoms with Gasteiger partial charge < -0.3 is 9.64 Å². The van der Waals surface area contributed by atoms with Crippen LogP contribution in [0.15, 0.2) is 47.4 Å². The smallest absolute Gasteiger partial charge is 0.243 e. The zero-order valence-corrected chi connectivity index (χ0v) is 23.0. The Bertz CT molecular complexity index is 1320. The molecule has 3 aromatic rings. The van der Waals surface area contributed by atoms with E-state index in [1.807, 2.05) is 18.2 Å². The zero-order chi connectivity index (χ0) is 26.6. The molecule has 1 aliphatic rings. The van der Waals surface area contributed by atoms with E-state index in [-0.39, 0.29) is 29.8 Å². The maximum absolute atomic E-state index is 13.8. The van der Waals surface area contributed by atoms with E-state index in [0.29, 0.717) is 24.5 Å². The number of likely N-dealkylation sites (N-methyl/N-ethyl adjacent to an activating group) is 1. The van der Waals surface area contributed by atoms with Gasteiger partial charge in [0.15, 0.2) is 5.13 Å². The van der Waals surface area contributed by atoms with Crippen LogP contribution in [0.25, 0.3) is 10.2 Å². The van der Waals surface area contributed by atoms with Crippen LogP contribution in [0, 0.1) is 11.7 Å². The summed E-state index contributed by atoms with van der Waals surface area (Å²) in [6, 6.07) is 10.5. The Morgan fingerprint density at radius 1 is 1.11 bits per heavy atom. The summed E-state index contributed by atoms with van der Waals surface area (Å²) in [4.78, 5) is 22.6. The summed E-state index contributed by atoms with van der Waals surface area (Å²) in [6.07, 6.45) is 0.833. The second-order valence-electron chi connectivity index (χ2n) is 8.98. The van der Waals surface area contributed by atoms with Crippen molar-refractivity contribution in [3.05, 3.63) is 48.3 Å². The number of hydrogen-bond donors (Lipinski definition) is 0. The number of aromatic nitrogens is 1. The number of anilines is 1. The van der Waals surface area contributed by atoms with E-state index in [9.17, 15) is 17.6 Å². The van der Waals surface area contributed by atoms with Crippen LogP contribution in [-0.2, 0) is 14.8 Å². The van der Waals surface area contributed by atoms with Gasteiger partial charge in [0.2, 0.25) is 15.9 Å². The third-order valence-corrected chi connectivity index (χ3v) is 9.82. The van der Waals surface area contributed by atoms with Crippen LogP contribution in [0.1, 0.15) is 26.7 Å². The number of nitrogens with zero attached hydrogens (tertiary/aromatic N) is 4. The van der Waals surface area contributed by atoms with Crippen molar-refractivity contribution in [1.82, 2.24) is 14.2 Å². The molecule has 8 nitrogen and oxygen atoms in total. The van der Waals surface area contributed by atoms with Crippen LogP contribution >= 0.6 is 11.3 Å². The lowest BCUT2D eigenvalue weighted by Gasteiger charge is -2.33. The van der Waals surface area contributed by atoms with Crippen LogP contribution in [-0.4, -0.2) is 74.9 Å². The van der Waals surface area contributed by atoms with E-state index in [2.05, 4.69) is 18.7 Å². The first-order valence-corrected chi connectivity index (χ1v) is 14.8. The number of thiazole rings is 1. The highest BCUT2D eigenvalue weighted by Gasteiger charge is 2.35. The van der Waals surface area contributed by atoms with Gasteiger partial charge in [0.05, 0.1) is 22.2 Å². The molecule has 0 atom stereocenters. The molecule has 1 saturated heterocycles. The van der Waals surface area contributed by atoms with Crippen molar-refractivity contribution in [2.24, 2.45) is 5.92 Å². The molecule has 0 unspecified atom stereocenters. The van der Waals surface area contributed by atoms with Gasteiger partial charge in [-0.05, 0) is 68.4 Å². The first-order valence-electron chi connectivity index (χ1n) is 12.5. The molecule has 0 radical (unpaired) electrons. The lowest BCUT2D eigenvalue weighted by molar-refractivity contribution is -0.123. The number of sulfonamides is 1. The number of carbonyl (C=O) groups excluding carboxylic acids is 1. The SMILES string of the molecule is CCN(CC)CCN(C(=O)C1CCN(S(=O)(=O)c2ccc(F)cc2)CC1)c1nc2ccc(OC)cc2s1. The van der Waals surface area contributed by atoms with Crippen molar-refractivity contribution in [2.45, 2.75) is 31.6 Å². The van der Waals surface area contributed by atoms with Crippen molar-refractivity contribution >= 4 is 42.6 Å². The Labute approximate surface area is 221 Å². The second kappa shape index (κ2) is 11.8. The van der Waals surface area contributed by atoms with Crippen molar-refractivity contribution in [3.63, 3.8) is 0 Å². The molecule has 11 heteroatoms. The largest absolute Gasteiger partial charge is 0.497 e. The van der Waals surface area contributed by atoms with Crippen LogP contribution in [0.3, 0.4) is 0 Å². The third kappa shape index (κ3) is 6.11. The molecule has 2 heterocycles. The fourth-order valence-corrected chi connectivity index (χ4v) is 7.03. The van der Waals surface area contributed by atoms with Gasteiger partial charge in [0.1, 0.15) is 11.6 Å². The quantitative estimate of drug-likeness (QED) is 0.377. The average molecular weight is 549 g/mol. The molecular weight excluding hydrogens is 515 g/mol. The predicted molar refractivity (Wildman–Crippen MR) is 144 cm³/mol. The normalized spacial score (nSPS) is 15.4. The number of ether oxygens (including phenoxy) is 1. The van der Waals surface area contributed by atoms with Crippen LogP contribution < -0.4 is 9.64 Å². The van der Waals surface area contributed by atoms with Crippen molar-refractivity contribution in [3.8, 4) is 5.75 Å². The first-order chi connectivity index (χ1) is 17.8. The minimum atomic E-state index is -3.74. The number of piperidine rings is 1. The number of amides is 1. The molecule has 1 aliphatic heterocycles. The van der Waals surface area contributed by atoms with E-state index >= 15 is 0 Å². The number of halogens is 1. The molecular formula is C26H33FN4O4S2. The molecule has 0 N–H and O–H groups in total. The molecule has 0 bridgehead atoms. The number of carbonyl (C=O) groups is 1. The molecule has 2 aromatic carbocycles. The number of benzene rings is 2. The molecule has 37 heavy (non-hydrogen) atoms. The fraction of sp³-hybridized carbons (Fsp3) is 0.462. The van der Waals surface area contributed by atoms with Gasteiger partial charge in [-0.3, -0.25) is 9.69 Å². The molecule has 1 fully saturated rings. The van der Waals surface area contributed by atoms with E-state index in [4.69, 9.17) is 9.72 Å². The second-order valence-corrected chi connectivity index (χ2v) is 11.9. The Morgan fingerprint density at radius 2 is 1.78 bits per heavy atom. The molecule has 0 aliphatic carbocycles. The predicted octanol–water partition coefficient (Wildman–Crippen LogP) is 4.22. The maximum atomic E-state index is 13.8. The summed E-state index contributed by atoms with van der Waals surface area (Å²) in [5.74, 6) is -0.0882. The summed E-state index contributed by atoms with van der Waals surface area (Å²) in [5, 5.41) is 0.641. The number of hydrogen-bond acceptors (Lipinski definition) is 7. The van der Waals surface area contributed by atoms with Gasteiger partial charge in [0.25, 0.3) is 0 Å². The van der Waals surface area contributed by atoms with Gasteiger partial charge in [-0.1, -0.05) is 25.2 Å². The zero-order valence-electron chi connectivity index (χ0n) is 21.4. The highest BCUT2D eigenvalue weighted by Crippen LogP contribution is 2.33. The summed E-state index contributed by atoms with van der Waals surface area (Å²) < 4.78 is 47.0. The molecule has 200 valence electrons. The van der Waals surface area contributed by atoms with Gasteiger partial charge in [-0.2, -0.15) is 4.31 Å². The molecule has 1 amide bonds. The number of methoxy groups -OCH3 is 1. The molecule has 4 rings (SSSR count). The van der Waals surface area contributed by atoms with E-state index in [1.165, 1.54) is 27.8 Å². The monoisotopic (exact) mass is 548 g/mol. The van der Waals surface area contributed by atoms with E-state index in [0.717, 1.165) is 47.7 Å². The van der Waals surface area contributed by atoms with Gasteiger partial charge >= 0.3 is 0 Å². The number of fused-ring (bicyclic) bond motifs is 1. The van der Waals surface area contributed by atoms with Crippen molar-refractivity contribution < 1.29 is 22.3 Å². The molecule has 1 aromatic heterocycles. The molecule has 0 spiro atoms. The molecule has 0 saturated carbocycles. The van der Waals surface area contributed by atoms with Gasteiger partial charge in [-0.15, -0.1) is 0 Å². The summed E-state index contributed by atoms with van der Waals surface area (Å²) in [6.45, 7) is 7.65. The Morgan fingerprint density at radius 3 is 2.41 bits per heavy atom. The summed E-state index contributed by atoms with van der Waals surface area (Å²) in [5.41, 5.74) is 0.807. The van der Waals surface area contributed by atoms with Crippen molar-refractivity contribution in [2.75, 3.05) is 51.3 Å². The Hall–Kier alpha value is -2.60. The highest BCUT2D eigenvalue weighted by atomic mass is 32.2. The van der Waals surface area contributed by atoms with Gasteiger partial charge in [-0.25, -0.2) is 17.8 Å².